The van der Waals surface area contributed by atoms with Gasteiger partial charge in [-0.05, 0) is 55.8 Å². The number of carbonyl (C=O) groups is 2. The fourth-order valence-corrected chi connectivity index (χ4v) is 3.49. The molecule has 0 bridgehead atoms. The van der Waals surface area contributed by atoms with Gasteiger partial charge in [0.1, 0.15) is 11.5 Å². The summed E-state index contributed by atoms with van der Waals surface area (Å²) < 4.78 is 12.2. The van der Waals surface area contributed by atoms with Crippen molar-refractivity contribution in [1.82, 2.24) is 9.78 Å². The molecule has 8 heteroatoms. The fourth-order valence-electron chi connectivity index (χ4n) is 3.49. The van der Waals surface area contributed by atoms with Crippen molar-refractivity contribution in [1.29, 1.82) is 0 Å². The molecule has 0 aliphatic heterocycles. The van der Waals surface area contributed by atoms with Gasteiger partial charge in [-0.15, -0.1) is 0 Å². The van der Waals surface area contributed by atoms with E-state index in [2.05, 4.69) is 10.4 Å². The topological polar surface area (TPSA) is 99.5 Å². The van der Waals surface area contributed by atoms with E-state index in [0.717, 1.165) is 5.56 Å². The third-order valence-corrected chi connectivity index (χ3v) is 5.23. The average molecular weight is 472 g/mol. The van der Waals surface area contributed by atoms with Gasteiger partial charge in [-0.25, -0.2) is 9.48 Å². The first-order valence-electron chi connectivity index (χ1n) is 11.3. The van der Waals surface area contributed by atoms with E-state index in [9.17, 15) is 14.4 Å². The number of nitrogens with one attached hydrogen (secondary N) is 1. The Hall–Kier alpha value is -4.46. The second kappa shape index (κ2) is 10.6. The summed E-state index contributed by atoms with van der Waals surface area (Å²) in [5.74, 6) is 0.0592. The third kappa shape index (κ3) is 5.73. The van der Waals surface area contributed by atoms with Crippen molar-refractivity contribution in [3.63, 3.8) is 0 Å². The third-order valence-electron chi connectivity index (χ3n) is 5.23. The maximum atomic E-state index is 12.7. The van der Waals surface area contributed by atoms with Crippen LogP contribution in [0.2, 0.25) is 0 Å². The molecule has 3 aromatic carbocycles. The monoisotopic (exact) mass is 471 g/mol. The summed E-state index contributed by atoms with van der Waals surface area (Å²) in [4.78, 5) is 37.7. The summed E-state index contributed by atoms with van der Waals surface area (Å²) in [6.07, 6.45) is 0.678. The normalized spacial score (nSPS) is 10.7. The minimum absolute atomic E-state index is 0.000873. The van der Waals surface area contributed by atoms with Crippen LogP contribution in [0.25, 0.3) is 10.8 Å². The average Bonchev–Trinajstić information content (AvgIpc) is 2.87. The number of ether oxygens (including phenoxy) is 2. The molecule has 0 fully saturated rings. The smallest absolute Gasteiger partial charge is 0.359 e. The van der Waals surface area contributed by atoms with Crippen LogP contribution in [0.4, 0.5) is 5.69 Å². The molecule has 0 unspecified atom stereocenters. The first-order valence-corrected chi connectivity index (χ1v) is 11.3. The molecule has 178 valence electrons. The highest BCUT2D eigenvalue weighted by Crippen LogP contribution is 2.23. The van der Waals surface area contributed by atoms with Gasteiger partial charge in [-0.1, -0.05) is 42.8 Å². The van der Waals surface area contributed by atoms with Crippen LogP contribution in [-0.4, -0.2) is 28.3 Å². The predicted octanol–water partition coefficient (Wildman–Crippen LogP) is 4.70. The molecule has 0 saturated carbocycles. The maximum absolute atomic E-state index is 12.7. The number of hydrogen-bond donors (Lipinski definition) is 1. The zero-order valence-electron chi connectivity index (χ0n) is 19.5. The van der Waals surface area contributed by atoms with Gasteiger partial charge in [0.15, 0.2) is 12.3 Å². The molecular formula is C27H25N3O5. The number of amides is 1. The molecule has 1 aromatic heterocycles. The number of esters is 1. The second-order valence-corrected chi connectivity index (χ2v) is 7.99. The van der Waals surface area contributed by atoms with Gasteiger partial charge >= 0.3 is 5.97 Å². The minimum Gasteiger partial charge on any atom is -0.457 e. The standard InChI is InChI=1S/C27H25N3O5/c1-3-16-30-26(32)23-7-5-4-6-22(23)25(29-30)27(33)34-17-24(31)28-19-10-14-21(15-11-19)35-20-12-8-18(2)9-13-20/h4-15H,3,16-17H2,1-2H3,(H,28,31). The van der Waals surface area contributed by atoms with Crippen LogP contribution >= 0.6 is 0 Å². The van der Waals surface area contributed by atoms with Gasteiger partial charge in [0.05, 0.1) is 5.39 Å². The Morgan fingerprint density at radius 1 is 0.914 bits per heavy atom. The van der Waals surface area contributed by atoms with E-state index in [1.165, 1.54) is 4.68 Å². The number of fused-ring (bicyclic) bond motifs is 1. The molecule has 0 saturated heterocycles. The van der Waals surface area contributed by atoms with Crippen molar-refractivity contribution in [3.05, 3.63) is 94.4 Å². The molecule has 0 atom stereocenters. The van der Waals surface area contributed by atoms with Gasteiger partial charge in [-0.3, -0.25) is 9.59 Å². The van der Waals surface area contributed by atoms with Gasteiger partial charge in [0.25, 0.3) is 11.5 Å². The summed E-state index contributed by atoms with van der Waals surface area (Å²) in [5, 5.41) is 7.63. The number of aromatic nitrogens is 2. The van der Waals surface area contributed by atoms with Crippen LogP contribution in [-0.2, 0) is 16.1 Å². The number of nitrogens with zero attached hydrogens (tertiary/aromatic N) is 2. The second-order valence-electron chi connectivity index (χ2n) is 7.99. The van der Waals surface area contributed by atoms with E-state index in [1.54, 1.807) is 48.5 Å². The molecule has 4 rings (SSSR count). The number of rotatable bonds is 8. The van der Waals surface area contributed by atoms with Crippen molar-refractivity contribution < 1.29 is 19.1 Å². The lowest BCUT2D eigenvalue weighted by Gasteiger charge is -2.11. The molecule has 0 aliphatic carbocycles. The largest absolute Gasteiger partial charge is 0.457 e. The SMILES string of the molecule is CCCn1nc(C(=O)OCC(=O)Nc2ccc(Oc3ccc(C)cc3)cc2)c2ccccc2c1=O. The van der Waals surface area contributed by atoms with Gasteiger partial charge in [-0.2, -0.15) is 5.10 Å². The maximum Gasteiger partial charge on any atom is 0.359 e. The van der Waals surface area contributed by atoms with Crippen molar-refractivity contribution in [2.45, 2.75) is 26.8 Å². The van der Waals surface area contributed by atoms with Crippen LogP contribution in [0.1, 0.15) is 29.4 Å². The summed E-state index contributed by atoms with van der Waals surface area (Å²) in [5.41, 5.74) is 1.40. The highest BCUT2D eigenvalue weighted by molar-refractivity contribution is 6.03. The fraction of sp³-hybridized carbons (Fsp3) is 0.185. The van der Waals surface area contributed by atoms with Crippen LogP contribution < -0.4 is 15.6 Å². The highest BCUT2D eigenvalue weighted by Gasteiger charge is 2.19. The van der Waals surface area contributed by atoms with Crippen LogP contribution in [0, 0.1) is 6.92 Å². The predicted molar refractivity (Wildman–Crippen MR) is 133 cm³/mol. The van der Waals surface area contributed by atoms with E-state index >= 15 is 0 Å². The van der Waals surface area contributed by atoms with E-state index in [4.69, 9.17) is 9.47 Å². The Bertz CT molecular complexity index is 1410. The van der Waals surface area contributed by atoms with Gasteiger partial charge in [0, 0.05) is 17.6 Å². The zero-order valence-corrected chi connectivity index (χ0v) is 19.5. The Kier molecular flexibility index (Phi) is 7.21. The molecule has 0 spiro atoms. The Balaban J connectivity index is 1.38. The Labute approximate surface area is 202 Å². The molecule has 0 aliphatic rings. The van der Waals surface area contributed by atoms with E-state index in [1.807, 2.05) is 38.1 Å². The molecule has 0 radical (unpaired) electrons. The van der Waals surface area contributed by atoms with Crippen molar-refractivity contribution in [2.24, 2.45) is 0 Å². The molecule has 1 N–H and O–H groups in total. The van der Waals surface area contributed by atoms with E-state index < -0.39 is 18.5 Å². The highest BCUT2D eigenvalue weighted by atomic mass is 16.5. The minimum atomic E-state index is -0.775. The summed E-state index contributed by atoms with van der Waals surface area (Å²) in [6, 6.07) is 21.2. The molecule has 4 aromatic rings. The quantitative estimate of drug-likeness (QED) is 0.374. The Morgan fingerprint density at radius 2 is 1.54 bits per heavy atom. The van der Waals surface area contributed by atoms with Gasteiger partial charge in [0.2, 0.25) is 0 Å². The number of benzene rings is 3. The molecular weight excluding hydrogens is 446 g/mol. The summed E-state index contributed by atoms with van der Waals surface area (Å²) in [7, 11) is 0. The first kappa shape index (κ1) is 23.7. The van der Waals surface area contributed by atoms with Crippen LogP contribution in [0.3, 0.4) is 0 Å². The number of anilines is 1. The number of carbonyl (C=O) groups excluding carboxylic acids is 2. The molecule has 35 heavy (non-hydrogen) atoms. The van der Waals surface area contributed by atoms with Crippen LogP contribution in [0.5, 0.6) is 11.5 Å². The summed E-state index contributed by atoms with van der Waals surface area (Å²) >= 11 is 0. The lowest BCUT2D eigenvalue weighted by molar-refractivity contribution is -0.119. The van der Waals surface area contributed by atoms with Crippen LogP contribution in [0.15, 0.2) is 77.6 Å². The zero-order chi connectivity index (χ0) is 24.8. The van der Waals surface area contributed by atoms with Crippen molar-refractivity contribution in [3.8, 4) is 11.5 Å². The van der Waals surface area contributed by atoms with E-state index in [0.29, 0.717) is 40.9 Å². The molecule has 1 amide bonds. The lowest BCUT2D eigenvalue weighted by Crippen LogP contribution is -2.27. The van der Waals surface area contributed by atoms with E-state index in [-0.39, 0.29) is 11.3 Å². The molecule has 8 nitrogen and oxygen atoms in total. The van der Waals surface area contributed by atoms with Crippen molar-refractivity contribution in [2.75, 3.05) is 11.9 Å². The molecule has 1 heterocycles. The van der Waals surface area contributed by atoms with Gasteiger partial charge < -0.3 is 14.8 Å². The Morgan fingerprint density at radius 3 is 2.20 bits per heavy atom. The first-order chi connectivity index (χ1) is 16.9. The lowest BCUT2D eigenvalue weighted by atomic mass is 10.1. The summed E-state index contributed by atoms with van der Waals surface area (Å²) in [6.45, 7) is 3.78. The number of hydrogen-bond acceptors (Lipinski definition) is 6. The van der Waals surface area contributed by atoms with Crippen molar-refractivity contribution >= 4 is 28.3 Å². The number of aryl methyl sites for hydroxylation is 2.